The molecule has 0 aliphatic rings. The van der Waals surface area contributed by atoms with Gasteiger partial charge in [-0.1, -0.05) is 41.9 Å². The van der Waals surface area contributed by atoms with Crippen LogP contribution in [0, 0.1) is 0 Å². The highest BCUT2D eigenvalue weighted by Gasteiger charge is 2.28. The van der Waals surface area contributed by atoms with Gasteiger partial charge in [0.25, 0.3) is 0 Å². The second kappa shape index (κ2) is 9.99. The number of ether oxygens (including phenoxy) is 1. The van der Waals surface area contributed by atoms with E-state index in [2.05, 4.69) is 10.3 Å². The molecule has 0 aliphatic heterocycles. The molecule has 0 bridgehead atoms. The van der Waals surface area contributed by atoms with Crippen molar-refractivity contribution in [1.29, 1.82) is 0 Å². The molecule has 30 heavy (non-hydrogen) atoms. The summed E-state index contributed by atoms with van der Waals surface area (Å²) in [6.45, 7) is 0.0669. The molecule has 0 fully saturated rings. The standard InChI is InChI=1S/C21H22ClN3O4S/c1-29-12-11-25(15-21(26)24-14-17-5-2-3-7-19(17)22)30(27,28)20-8-4-6-16-13-23-10-9-18(16)20/h2-10,13H,11-12,14-15H2,1H3,(H,24,26). The molecule has 1 aromatic heterocycles. The lowest BCUT2D eigenvalue weighted by Gasteiger charge is -2.22. The summed E-state index contributed by atoms with van der Waals surface area (Å²) in [5, 5.41) is 4.51. The number of pyridine rings is 1. The van der Waals surface area contributed by atoms with Crippen LogP contribution in [0.4, 0.5) is 0 Å². The minimum atomic E-state index is -3.95. The summed E-state index contributed by atoms with van der Waals surface area (Å²) >= 11 is 6.11. The van der Waals surface area contributed by atoms with Gasteiger partial charge in [0.15, 0.2) is 0 Å². The molecule has 0 aliphatic carbocycles. The van der Waals surface area contributed by atoms with Gasteiger partial charge in [-0.05, 0) is 23.8 Å². The van der Waals surface area contributed by atoms with E-state index >= 15 is 0 Å². The SMILES string of the molecule is COCCN(CC(=O)NCc1ccccc1Cl)S(=O)(=O)c1cccc2cnccc12. The first-order chi connectivity index (χ1) is 14.4. The number of methoxy groups -OCH3 is 1. The van der Waals surface area contributed by atoms with E-state index in [0.29, 0.717) is 15.8 Å². The Hall–Kier alpha value is -2.52. The number of fused-ring (bicyclic) bond motifs is 1. The quantitative estimate of drug-likeness (QED) is 0.545. The molecular weight excluding hydrogens is 426 g/mol. The highest BCUT2D eigenvalue weighted by Crippen LogP contribution is 2.25. The van der Waals surface area contributed by atoms with Crippen molar-refractivity contribution in [3.63, 3.8) is 0 Å². The third kappa shape index (κ3) is 5.14. The Morgan fingerprint density at radius 1 is 1.17 bits per heavy atom. The van der Waals surface area contributed by atoms with E-state index in [9.17, 15) is 13.2 Å². The average Bonchev–Trinajstić information content (AvgIpc) is 2.75. The normalized spacial score (nSPS) is 11.7. The zero-order chi connectivity index (χ0) is 21.6. The van der Waals surface area contributed by atoms with Crippen LogP contribution in [0.1, 0.15) is 5.56 Å². The fourth-order valence-electron chi connectivity index (χ4n) is 2.99. The Morgan fingerprint density at radius 2 is 1.97 bits per heavy atom. The number of nitrogens with zero attached hydrogens (tertiary/aromatic N) is 2. The summed E-state index contributed by atoms with van der Waals surface area (Å²) in [6.07, 6.45) is 3.14. The third-order valence-corrected chi connectivity index (χ3v) is 6.83. The summed E-state index contributed by atoms with van der Waals surface area (Å²) in [6, 6.07) is 13.8. The maximum atomic E-state index is 13.4. The minimum absolute atomic E-state index is 0.0415. The predicted molar refractivity (Wildman–Crippen MR) is 116 cm³/mol. The van der Waals surface area contributed by atoms with Gasteiger partial charge in [0, 0.05) is 48.4 Å². The number of nitrogens with one attached hydrogen (secondary N) is 1. The van der Waals surface area contributed by atoms with Crippen molar-refractivity contribution in [2.24, 2.45) is 0 Å². The molecule has 0 radical (unpaired) electrons. The van der Waals surface area contributed by atoms with Gasteiger partial charge in [-0.15, -0.1) is 0 Å². The van der Waals surface area contributed by atoms with Gasteiger partial charge in [-0.3, -0.25) is 9.78 Å². The molecule has 7 nitrogen and oxygen atoms in total. The topological polar surface area (TPSA) is 88.6 Å². The second-order valence-corrected chi connectivity index (χ2v) is 8.87. The van der Waals surface area contributed by atoms with E-state index in [1.165, 1.54) is 19.4 Å². The number of sulfonamides is 1. The van der Waals surface area contributed by atoms with Crippen molar-refractivity contribution < 1.29 is 17.9 Å². The summed E-state index contributed by atoms with van der Waals surface area (Å²) in [5.41, 5.74) is 0.750. The van der Waals surface area contributed by atoms with E-state index in [-0.39, 0.29) is 31.1 Å². The zero-order valence-corrected chi connectivity index (χ0v) is 18.0. The Bertz CT molecular complexity index is 1130. The summed E-state index contributed by atoms with van der Waals surface area (Å²) in [7, 11) is -2.47. The third-order valence-electron chi connectivity index (χ3n) is 4.56. The van der Waals surface area contributed by atoms with Crippen LogP contribution in [-0.2, 0) is 26.1 Å². The molecule has 2 aromatic carbocycles. The van der Waals surface area contributed by atoms with Crippen LogP contribution in [0.25, 0.3) is 10.8 Å². The maximum absolute atomic E-state index is 13.4. The maximum Gasteiger partial charge on any atom is 0.244 e. The lowest BCUT2D eigenvalue weighted by molar-refractivity contribution is -0.121. The van der Waals surface area contributed by atoms with Gasteiger partial charge in [-0.2, -0.15) is 4.31 Å². The molecule has 3 aromatic rings. The van der Waals surface area contributed by atoms with Crippen LogP contribution in [0.3, 0.4) is 0 Å². The average molecular weight is 448 g/mol. The van der Waals surface area contributed by atoms with E-state index in [4.69, 9.17) is 16.3 Å². The smallest absolute Gasteiger partial charge is 0.244 e. The molecule has 158 valence electrons. The van der Waals surface area contributed by atoms with Crippen molar-refractivity contribution in [1.82, 2.24) is 14.6 Å². The van der Waals surface area contributed by atoms with Crippen molar-refractivity contribution >= 4 is 38.3 Å². The van der Waals surface area contributed by atoms with Crippen molar-refractivity contribution in [3.05, 3.63) is 71.5 Å². The highest BCUT2D eigenvalue weighted by molar-refractivity contribution is 7.89. The Balaban J connectivity index is 1.82. The molecule has 0 unspecified atom stereocenters. The largest absolute Gasteiger partial charge is 0.383 e. The molecule has 9 heteroatoms. The van der Waals surface area contributed by atoms with Gasteiger partial charge in [-0.25, -0.2) is 8.42 Å². The monoisotopic (exact) mass is 447 g/mol. The molecule has 3 rings (SSSR count). The van der Waals surface area contributed by atoms with Crippen LogP contribution >= 0.6 is 11.6 Å². The predicted octanol–water partition coefficient (Wildman–Crippen LogP) is 2.84. The van der Waals surface area contributed by atoms with Gasteiger partial charge in [0.2, 0.25) is 15.9 Å². The molecule has 1 heterocycles. The lowest BCUT2D eigenvalue weighted by atomic mass is 10.2. The molecule has 0 saturated heterocycles. The van der Waals surface area contributed by atoms with Crippen molar-refractivity contribution in [2.75, 3.05) is 26.8 Å². The number of benzene rings is 2. The molecule has 0 atom stereocenters. The number of carbonyl (C=O) groups excluding carboxylic acids is 1. The van der Waals surface area contributed by atoms with E-state index in [1.54, 1.807) is 42.6 Å². The van der Waals surface area contributed by atoms with Gasteiger partial charge in [0.05, 0.1) is 18.0 Å². The number of aromatic nitrogens is 1. The number of hydrogen-bond acceptors (Lipinski definition) is 5. The number of halogens is 1. The van der Waals surface area contributed by atoms with E-state index < -0.39 is 15.9 Å². The number of rotatable bonds is 9. The van der Waals surface area contributed by atoms with E-state index in [1.807, 2.05) is 6.07 Å². The summed E-state index contributed by atoms with van der Waals surface area (Å²) in [5.74, 6) is -0.434. The first kappa shape index (κ1) is 22.2. The Kier molecular flexibility index (Phi) is 7.38. The van der Waals surface area contributed by atoms with Crippen LogP contribution < -0.4 is 5.32 Å². The first-order valence-corrected chi connectivity index (χ1v) is 11.1. The molecule has 0 saturated carbocycles. The van der Waals surface area contributed by atoms with E-state index in [0.717, 1.165) is 9.87 Å². The first-order valence-electron chi connectivity index (χ1n) is 9.25. The summed E-state index contributed by atoms with van der Waals surface area (Å²) < 4.78 is 32.9. The van der Waals surface area contributed by atoms with Gasteiger partial charge < -0.3 is 10.1 Å². The summed E-state index contributed by atoms with van der Waals surface area (Å²) in [4.78, 5) is 16.7. The number of hydrogen-bond donors (Lipinski definition) is 1. The number of carbonyl (C=O) groups is 1. The zero-order valence-electron chi connectivity index (χ0n) is 16.4. The fraction of sp³-hybridized carbons (Fsp3) is 0.238. The Morgan fingerprint density at radius 3 is 2.73 bits per heavy atom. The second-order valence-electron chi connectivity index (χ2n) is 6.55. The highest BCUT2D eigenvalue weighted by atomic mass is 35.5. The van der Waals surface area contributed by atoms with Crippen LogP contribution in [0.5, 0.6) is 0 Å². The lowest BCUT2D eigenvalue weighted by Crippen LogP contribution is -2.42. The number of amides is 1. The minimum Gasteiger partial charge on any atom is -0.383 e. The van der Waals surface area contributed by atoms with Crippen molar-refractivity contribution in [3.8, 4) is 0 Å². The van der Waals surface area contributed by atoms with Crippen LogP contribution in [0.2, 0.25) is 5.02 Å². The molecule has 1 amide bonds. The van der Waals surface area contributed by atoms with Gasteiger partial charge in [0.1, 0.15) is 0 Å². The van der Waals surface area contributed by atoms with Crippen LogP contribution in [-0.4, -0.2) is 50.4 Å². The van der Waals surface area contributed by atoms with Crippen LogP contribution in [0.15, 0.2) is 65.8 Å². The Labute approximate surface area is 180 Å². The molecular formula is C21H22ClN3O4S. The molecule has 0 spiro atoms. The van der Waals surface area contributed by atoms with Gasteiger partial charge >= 0.3 is 0 Å². The fourth-order valence-corrected chi connectivity index (χ4v) is 4.78. The van der Waals surface area contributed by atoms with Crippen molar-refractivity contribution in [2.45, 2.75) is 11.4 Å². The molecule has 1 N–H and O–H groups in total.